The van der Waals surface area contributed by atoms with Crippen LogP contribution in [0.15, 0.2) is 29.2 Å². The Labute approximate surface area is 211 Å². The highest BCUT2D eigenvalue weighted by atomic mass is 32.2. The number of nitrogens with one attached hydrogen (secondary N) is 2. The third-order valence-corrected chi connectivity index (χ3v) is 10.1. The van der Waals surface area contributed by atoms with E-state index in [9.17, 15) is 18.0 Å². The molecule has 8 nitrogen and oxygen atoms in total. The van der Waals surface area contributed by atoms with Crippen molar-refractivity contribution in [3.05, 3.63) is 45.8 Å². The zero-order chi connectivity index (χ0) is 25.2. The first-order valence-corrected chi connectivity index (χ1v) is 14.6. The molecule has 1 fully saturated rings. The van der Waals surface area contributed by atoms with Gasteiger partial charge in [-0.05, 0) is 62.1 Å². The van der Waals surface area contributed by atoms with Crippen LogP contribution in [0.4, 0.5) is 5.00 Å². The fourth-order valence-corrected chi connectivity index (χ4v) is 8.02. The molecule has 2 aliphatic heterocycles. The number of hydrogen-bond acceptors (Lipinski definition) is 6. The van der Waals surface area contributed by atoms with Crippen LogP contribution in [0.2, 0.25) is 0 Å². The summed E-state index contributed by atoms with van der Waals surface area (Å²) in [5.41, 5.74) is 1.88. The molecule has 0 aliphatic carbocycles. The van der Waals surface area contributed by atoms with Gasteiger partial charge in [0.25, 0.3) is 11.8 Å². The van der Waals surface area contributed by atoms with Gasteiger partial charge in [0.05, 0.1) is 10.5 Å². The first-order valence-electron chi connectivity index (χ1n) is 12.3. The highest BCUT2D eigenvalue weighted by Crippen LogP contribution is 2.37. The second-order valence-corrected chi connectivity index (χ2v) is 12.1. The topological polar surface area (TPSA) is 98.8 Å². The molecule has 1 aromatic heterocycles. The van der Waals surface area contributed by atoms with E-state index < -0.39 is 10.0 Å². The lowest BCUT2D eigenvalue weighted by Crippen LogP contribution is -2.43. The quantitative estimate of drug-likeness (QED) is 0.583. The predicted octanol–water partition coefficient (Wildman–Crippen LogP) is 3.69. The van der Waals surface area contributed by atoms with Crippen LogP contribution in [0.3, 0.4) is 0 Å². The van der Waals surface area contributed by atoms with Gasteiger partial charge >= 0.3 is 0 Å². The number of sulfonamides is 1. The molecule has 10 heteroatoms. The van der Waals surface area contributed by atoms with Crippen molar-refractivity contribution < 1.29 is 18.0 Å². The molecule has 2 aliphatic rings. The number of carbonyl (C=O) groups is 2. The SMILES string of the molecule is CCC1CCCCN1S(=O)(=O)c1ccc(C(=O)Nc2sc3c(c2C(=O)NC)CCN(CC)C3)cc1. The maximum absolute atomic E-state index is 13.2. The van der Waals surface area contributed by atoms with E-state index in [2.05, 4.69) is 22.5 Å². The summed E-state index contributed by atoms with van der Waals surface area (Å²) in [4.78, 5) is 29.3. The molecule has 1 saturated heterocycles. The molecule has 35 heavy (non-hydrogen) atoms. The molecule has 3 heterocycles. The minimum Gasteiger partial charge on any atom is -0.355 e. The Balaban J connectivity index is 1.55. The molecule has 0 saturated carbocycles. The van der Waals surface area contributed by atoms with E-state index in [0.29, 0.717) is 22.7 Å². The van der Waals surface area contributed by atoms with Gasteiger partial charge < -0.3 is 10.6 Å². The summed E-state index contributed by atoms with van der Waals surface area (Å²) in [6.07, 6.45) is 4.34. The summed E-state index contributed by atoms with van der Waals surface area (Å²) in [6, 6.07) is 6.11. The molecule has 0 bridgehead atoms. The summed E-state index contributed by atoms with van der Waals surface area (Å²) >= 11 is 1.44. The van der Waals surface area contributed by atoms with Crippen LogP contribution < -0.4 is 10.6 Å². The number of carbonyl (C=O) groups excluding carboxylic acids is 2. The number of hydrogen-bond donors (Lipinski definition) is 2. The molecule has 1 unspecified atom stereocenters. The average molecular weight is 519 g/mol. The van der Waals surface area contributed by atoms with Gasteiger partial charge in [0.1, 0.15) is 5.00 Å². The zero-order valence-corrected chi connectivity index (χ0v) is 22.2. The second-order valence-electron chi connectivity index (χ2n) is 9.06. The molecular weight excluding hydrogens is 484 g/mol. The standard InChI is InChI=1S/C25H34N4O4S2/c1-4-18-8-6-7-14-29(18)35(32,33)19-11-9-17(10-12-19)23(30)27-25-22(24(31)26-3)20-13-15-28(5-2)16-21(20)34-25/h9-12,18H,4-8,13-16H2,1-3H3,(H,26,31)(H,27,30). The number of nitrogens with zero attached hydrogens (tertiary/aromatic N) is 2. The second kappa shape index (κ2) is 10.8. The number of piperidine rings is 1. The van der Waals surface area contributed by atoms with Crippen LogP contribution in [0.5, 0.6) is 0 Å². The lowest BCUT2D eigenvalue weighted by Gasteiger charge is -2.34. The van der Waals surface area contributed by atoms with E-state index >= 15 is 0 Å². The minimum atomic E-state index is -3.61. The van der Waals surface area contributed by atoms with Gasteiger partial charge in [-0.25, -0.2) is 8.42 Å². The lowest BCUT2D eigenvalue weighted by atomic mass is 10.0. The first-order chi connectivity index (χ1) is 16.8. The molecule has 1 aromatic carbocycles. The Hall–Kier alpha value is -2.27. The van der Waals surface area contributed by atoms with Crippen molar-refractivity contribution in [1.29, 1.82) is 0 Å². The average Bonchev–Trinajstić information content (AvgIpc) is 3.24. The van der Waals surface area contributed by atoms with Crippen LogP contribution >= 0.6 is 11.3 Å². The van der Waals surface area contributed by atoms with Gasteiger partial charge in [-0.2, -0.15) is 4.31 Å². The highest BCUT2D eigenvalue weighted by molar-refractivity contribution is 7.89. The maximum Gasteiger partial charge on any atom is 0.256 e. The lowest BCUT2D eigenvalue weighted by molar-refractivity contribution is 0.0962. The van der Waals surface area contributed by atoms with Crippen LogP contribution in [0.25, 0.3) is 0 Å². The van der Waals surface area contributed by atoms with Crippen LogP contribution in [-0.4, -0.2) is 62.2 Å². The Bertz CT molecular complexity index is 1190. The molecule has 1 atom stereocenters. The summed E-state index contributed by atoms with van der Waals surface area (Å²) in [6.45, 7) is 7.23. The molecular formula is C25H34N4O4S2. The summed E-state index contributed by atoms with van der Waals surface area (Å²) in [5.74, 6) is -0.578. The fraction of sp³-hybridized carbons (Fsp3) is 0.520. The Kier molecular flexibility index (Phi) is 7.95. The predicted molar refractivity (Wildman–Crippen MR) is 139 cm³/mol. The summed E-state index contributed by atoms with van der Waals surface area (Å²) < 4.78 is 28.1. The van der Waals surface area contributed by atoms with Crippen molar-refractivity contribution in [3.63, 3.8) is 0 Å². The van der Waals surface area contributed by atoms with E-state index in [0.717, 1.165) is 62.2 Å². The fourth-order valence-electron chi connectivity index (χ4n) is 4.97. The van der Waals surface area contributed by atoms with Crippen molar-refractivity contribution >= 4 is 38.2 Å². The van der Waals surface area contributed by atoms with Gasteiger partial charge in [-0.1, -0.05) is 20.3 Å². The monoisotopic (exact) mass is 518 g/mol. The van der Waals surface area contributed by atoms with Gasteiger partial charge in [-0.3, -0.25) is 14.5 Å². The van der Waals surface area contributed by atoms with Gasteiger partial charge in [0.15, 0.2) is 0 Å². The van der Waals surface area contributed by atoms with E-state index in [1.807, 2.05) is 6.92 Å². The molecule has 2 N–H and O–H groups in total. The molecule has 2 amide bonds. The van der Waals surface area contributed by atoms with Crippen molar-refractivity contribution in [2.45, 2.75) is 63.4 Å². The molecule has 2 aromatic rings. The van der Waals surface area contributed by atoms with Crippen LogP contribution in [-0.2, 0) is 23.0 Å². The van der Waals surface area contributed by atoms with Gasteiger partial charge in [0.2, 0.25) is 10.0 Å². The molecule has 0 radical (unpaired) electrons. The van der Waals surface area contributed by atoms with Crippen molar-refractivity contribution in [1.82, 2.24) is 14.5 Å². The van der Waals surface area contributed by atoms with Crippen molar-refractivity contribution in [3.8, 4) is 0 Å². The largest absolute Gasteiger partial charge is 0.355 e. The van der Waals surface area contributed by atoms with E-state index in [1.54, 1.807) is 23.5 Å². The number of amides is 2. The van der Waals surface area contributed by atoms with E-state index in [1.165, 1.54) is 23.5 Å². The Morgan fingerprint density at radius 1 is 1.09 bits per heavy atom. The maximum atomic E-state index is 13.2. The smallest absolute Gasteiger partial charge is 0.256 e. The highest BCUT2D eigenvalue weighted by Gasteiger charge is 2.33. The minimum absolute atomic E-state index is 0.0216. The number of anilines is 1. The number of rotatable bonds is 7. The van der Waals surface area contributed by atoms with E-state index in [-0.39, 0.29) is 22.8 Å². The summed E-state index contributed by atoms with van der Waals surface area (Å²) in [5, 5.41) is 6.14. The van der Waals surface area contributed by atoms with Gasteiger partial charge in [0, 0.05) is 43.2 Å². The van der Waals surface area contributed by atoms with Crippen molar-refractivity contribution in [2.75, 3.05) is 32.0 Å². The number of fused-ring (bicyclic) bond motifs is 1. The van der Waals surface area contributed by atoms with Gasteiger partial charge in [-0.15, -0.1) is 11.3 Å². The van der Waals surface area contributed by atoms with Crippen LogP contribution in [0, 0.1) is 0 Å². The zero-order valence-electron chi connectivity index (χ0n) is 20.6. The Morgan fingerprint density at radius 2 is 1.83 bits per heavy atom. The first kappa shape index (κ1) is 25.8. The summed E-state index contributed by atoms with van der Waals surface area (Å²) in [7, 11) is -2.02. The third-order valence-electron chi connectivity index (χ3n) is 7.03. The number of thiophene rings is 1. The third kappa shape index (κ3) is 5.16. The number of likely N-dealkylation sites (N-methyl/N-ethyl adjacent to an activating group) is 1. The Morgan fingerprint density at radius 3 is 2.49 bits per heavy atom. The molecule has 0 spiro atoms. The molecule has 4 rings (SSSR count). The van der Waals surface area contributed by atoms with Crippen molar-refractivity contribution in [2.24, 2.45) is 0 Å². The molecule has 190 valence electrons. The van der Waals surface area contributed by atoms with Crippen LogP contribution in [0.1, 0.15) is 70.7 Å². The number of benzene rings is 1. The normalized spacial score (nSPS) is 19.2. The van der Waals surface area contributed by atoms with E-state index in [4.69, 9.17) is 0 Å².